The van der Waals surface area contributed by atoms with Gasteiger partial charge in [0.05, 0.1) is 11.5 Å². The van der Waals surface area contributed by atoms with Gasteiger partial charge in [-0.3, -0.25) is 9.48 Å². The van der Waals surface area contributed by atoms with Crippen molar-refractivity contribution in [2.75, 3.05) is 18.1 Å². The third kappa shape index (κ3) is 3.10. The van der Waals surface area contributed by atoms with E-state index in [-0.39, 0.29) is 29.4 Å². The van der Waals surface area contributed by atoms with Crippen LogP contribution in [0.5, 0.6) is 0 Å². The predicted molar refractivity (Wildman–Crippen MR) is 66.7 cm³/mol. The van der Waals surface area contributed by atoms with E-state index in [9.17, 15) is 13.2 Å². The summed E-state index contributed by atoms with van der Waals surface area (Å²) in [7, 11) is -2.88. The van der Waals surface area contributed by atoms with Crippen LogP contribution < -0.4 is 5.32 Å². The lowest BCUT2D eigenvalue weighted by Crippen LogP contribution is -2.35. The van der Waals surface area contributed by atoms with Crippen LogP contribution >= 0.6 is 0 Å². The number of aromatic nitrogens is 2. The van der Waals surface area contributed by atoms with E-state index in [2.05, 4.69) is 10.4 Å². The number of nitrogens with one attached hydrogen (secondary N) is 1. The molecule has 2 heterocycles. The molecule has 1 fully saturated rings. The highest BCUT2D eigenvalue weighted by Crippen LogP contribution is 2.17. The summed E-state index contributed by atoms with van der Waals surface area (Å²) in [5.74, 6) is 0.331. The second-order valence-corrected chi connectivity index (χ2v) is 6.90. The Hall–Kier alpha value is -1.37. The van der Waals surface area contributed by atoms with E-state index < -0.39 is 9.84 Å². The van der Waals surface area contributed by atoms with Crippen molar-refractivity contribution < 1.29 is 13.2 Å². The quantitative estimate of drug-likeness (QED) is 0.835. The lowest BCUT2D eigenvalue weighted by molar-refractivity contribution is -0.124. The topological polar surface area (TPSA) is 81.1 Å². The molecule has 0 spiro atoms. The van der Waals surface area contributed by atoms with Crippen molar-refractivity contribution in [3.05, 3.63) is 18.5 Å². The van der Waals surface area contributed by atoms with Crippen molar-refractivity contribution in [1.82, 2.24) is 15.1 Å². The van der Waals surface area contributed by atoms with Gasteiger partial charge in [0.25, 0.3) is 0 Å². The zero-order valence-electron chi connectivity index (χ0n) is 10.2. The molecule has 7 heteroatoms. The highest BCUT2D eigenvalue weighted by atomic mass is 32.2. The van der Waals surface area contributed by atoms with E-state index in [1.165, 1.54) is 0 Å². The predicted octanol–water partition coefficient (Wildman–Crippen LogP) is -0.00500. The molecule has 2 rings (SSSR count). The van der Waals surface area contributed by atoms with E-state index in [4.69, 9.17) is 0 Å². The number of nitrogens with zero attached hydrogens (tertiary/aromatic N) is 2. The molecule has 0 saturated carbocycles. The molecule has 0 aromatic carbocycles. The third-order valence-corrected chi connectivity index (χ3v) is 5.03. The Balaban J connectivity index is 1.82. The Morgan fingerprint density at radius 2 is 2.39 bits per heavy atom. The Morgan fingerprint density at radius 3 is 2.94 bits per heavy atom. The van der Waals surface area contributed by atoms with Gasteiger partial charge in [-0.25, -0.2) is 8.42 Å². The lowest BCUT2D eigenvalue weighted by Gasteiger charge is -2.14. The standard InChI is InChI=1S/C11H17N3O3S/c1-9(14-5-2-4-13-14)11(15)12-7-10-3-6-18(16,17)8-10/h2,4-5,9-10H,3,6-8H2,1H3,(H,12,15)/t9-,10-/m1/s1. The number of carbonyl (C=O) groups excluding carboxylic acids is 1. The Bertz CT molecular complexity index is 510. The number of carbonyl (C=O) groups is 1. The van der Waals surface area contributed by atoms with Gasteiger partial charge in [0, 0.05) is 18.9 Å². The summed E-state index contributed by atoms with van der Waals surface area (Å²) in [6, 6.07) is 1.38. The fraction of sp³-hybridized carbons (Fsp3) is 0.636. The Morgan fingerprint density at radius 1 is 1.61 bits per heavy atom. The fourth-order valence-electron chi connectivity index (χ4n) is 2.06. The van der Waals surface area contributed by atoms with Gasteiger partial charge in [-0.2, -0.15) is 5.10 Å². The van der Waals surface area contributed by atoms with E-state index in [0.717, 1.165) is 0 Å². The van der Waals surface area contributed by atoms with E-state index in [1.807, 2.05) is 0 Å². The van der Waals surface area contributed by atoms with Crippen LogP contribution in [0.15, 0.2) is 18.5 Å². The molecule has 2 atom stereocenters. The van der Waals surface area contributed by atoms with Crippen LogP contribution in [0.25, 0.3) is 0 Å². The van der Waals surface area contributed by atoms with Crippen molar-refractivity contribution >= 4 is 15.7 Å². The molecule has 0 aliphatic carbocycles. The van der Waals surface area contributed by atoms with Crippen molar-refractivity contribution in [3.63, 3.8) is 0 Å². The van der Waals surface area contributed by atoms with Gasteiger partial charge in [-0.05, 0) is 25.3 Å². The molecule has 1 aromatic heterocycles. The molecule has 1 N–H and O–H groups in total. The summed E-state index contributed by atoms with van der Waals surface area (Å²) >= 11 is 0. The highest BCUT2D eigenvalue weighted by Gasteiger charge is 2.28. The monoisotopic (exact) mass is 271 g/mol. The van der Waals surface area contributed by atoms with Crippen LogP contribution in [-0.4, -0.2) is 42.2 Å². The molecule has 1 aliphatic rings. The molecular formula is C11H17N3O3S. The Labute approximate surface area is 106 Å². The largest absolute Gasteiger partial charge is 0.354 e. The molecule has 1 saturated heterocycles. The maximum Gasteiger partial charge on any atom is 0.244 e. The summed E-state index contributed by atoms with van der Waals surface area (Å²) < 4.78 is 24.1. The third-order valence-electron chi connectivity index (χ3n) is 3.19. The summed E-state index contributed by atoms with van der Waals surface area (Å²) in [6.07, 6.45) is 3.98. The molecule has 1 aromatic rings. The minimum Gasteiger partial charge on any atom is -0.354 e. The first-order chi connectivity index (χ1) is 8.48. The number of amides is 1. The molecule has 100 valence electrons. The second-order valence-electron chi connectivity index (χ2n) is 4.68. The molecule has 0 unspecified atom stereocenters. The summed E-state index contributed by atoms with van der Waals surface area (Å²) in [5, 5.41) is 6.79. The summed E-state index contributed by atoms with van der Waals surface area (Å²) in [5.41, 5.74) is 0. The Kier molecular flexibility index (Phi) is 3.70. The molecule has 1 amide bonds. The molecule has 1 aliphatic heterocycles. The van der Waals surface area contributed by atoms with Crippen LogP contribution in [0.2, 0.25) is 0 Å². The maximum atomic E-state index is 11.8. The molecule has 6 nitrogen and oxygen atoms in total. The van der Waals surface area contributed by atoms with E-state index in [0.29, 0.717) is 13.0 Å². The van der Waals surface area contributed by atoms with Gasteiger partial charge >= 0.3 is 0 Å². The highest BCUT2D eigenvalue weighted by molar-refractivity contribution is 7.91. The van der Waals surface area contributed by atoms with E-state index >= 15 is 0 Å². The summed E-state index contributed by atoms with van der Waals surface area (Å²) in [6.45, 7) is 2.18. The van der Waals surface area contributed by atoms with Gasteiger partial charge in [0.2, 0.25) is 5.91 Å². The van der Waals surface area contributed by atoms with Gasteiger partial charge in [0.15, 0.2) is 9.84 Å². The van der Waals surface area contributed by atoms with Crippen molar-refractivity contribution in [3.8, 4) is 0 Å². The first-order valence-corrected chi connectivity index (χ1v) is 7.77. The summed E-state index contributed by atoms with van der Waals surface area (Å²) in [4.78, 5) is 11.8. The van der Waals surface area contributed by atoms with Crippen molar-refractivity contribution in [2.24, 2.45) is 5.92 Å². The second kappa shape index (κ2) is 5.09. The number of hydrogen-bond donors (Lipinski definition) is 1. The van der Waals surface area contributed by atoms with Crippen LogP contribution in [0.3, 0.4) is 0 Å². The molecular weight excluding hydrogens is 254 g/mol. The molecule has 0 radical (unpaired) electrons. The van der Waals surface area contributed by atoms with E-state index in [1.54, 1.807) is 30.1 Å². The van der Waals surface area contributed by atoms with Gasteiger partial charge in [-0.15, -0.1) is 0 Å². The number of rotatable bonds is 4. The van der Waals surface area contributed by atoms with Crippen LogP contribution in [-0.2, 0) is 14.6 Å². The number of hydrogen-bond acceptors (Lipinski definition) is 4. The normalized spacial score (nSPS) is 23.7. The lowest BCUT2D eigenvalue weighted by atomic mass is 10.1. The average Bonchev–Trinajstić information content (AvgIpc) is 2.94. The first kappa shape index (κ1) is 13.1. The SMILES string of the molecule is C[C@H](C(=O)NC[C@H]1CCS(=O)(=O)C1)n1cccn1. The van der Waals surface area contributed by atoms with Gasteiger partial charge in [0.1, 0.15) is 6.04 Å². The van der Waals surface area contributed by atoms with Crippen LogP contribution in [0.1, 0.15) is 19.4 Å². The fourth-order valence-corrected chi connectivity index (χ4v) is 3.92. The van der Waals surface area contributed by atoms with Gasteiger partial charge < -0.3 is 5.32 Å². The van der Waals surface area contributed by atoms with Crippen molar-refractivity contribution in [2.45, 2.75) is 19.4 Å². The maximum absolute atomic E-state index is 11.8. The molecule has 18 heavy (non-hydrogen) atoms. The smallest absolute Gasteiger partial charge is 0.244 e. The molecule has 0 bridgehead atoms. The minimum absolute atomic E-state index is 0.0452. The zero-order valence-corrected chi connectivity index (χ0v) is 11.1. The van der Waals surface area contributed by atoms with Crippen LogP contribution in [0.4, 0.5) is 0 Å². The first-order valence-electron chi connectivity index (χ1n) is 5.95. The van der Waals surface area contributed by atoms with Crippen molar-refractivity contribution in [1.29, 1.82) is 0 Å². The minimum atomic E-state index is -2.88. The number of sulfone groups is 1. The average molecular weight is 271 g/mol. The zero-order chi connectivity index (χ0) is 13.2. The van der Waals surface area contributed by atoms with Crippen LogP contribution in [0, 0.1) is 5.92 Å². The van der Waals surface area contributed by atoms with Gasteiger partial charge in [-0.1, -0.05) is 0 Å².